The van der Waals surface area contributed by atoms with E-state index in [1.807, 2.05) is 42.2 Å². The topological polar surface area (TPSA) is 52.6 Å². The molecule has 5 rings (SSSR count). The summed E-state index contributed by atoms with van der Waals surface area (Å²) < 4.78 is 0. The maximum absolute atomic E-state index is 13.2. The third-order valence-corrected chi connectivity index (χ3v) is 6.38. The molecule has 3 aromatic rings. The summed E-state index contributed by atoms with van der Waals surface area (Å²) in [7, 11) is 0. The van der Waals surface area contributed by atoms with Crippen LogP contribution in [-0.4, -0.2) is 60.0 Å². The highest BCUT2D eigenvalue weighted by molar-refractivity contribution is 6.07. The predicted octanol–water partition coefficient (Wildman–Crippen LogP) is 3.89. The van der Waals surface area contributed by atoms with Crippen molar-refractivity contribution in [2.45, 2.75) is 26.2 Å². The lowest BCUT2D eigenvalue weighted by atomic mass is 10.0. The number of carbonyl (C=O) groups is 1. The van der Waals surface area contributed by atoms with Crippen LogP contribution < -0.4 is 9.80 Å². The van der Waals surface area contributed by atoms with Crippen molar-refractivity contribution in [3.63, 3.8) is 0 Å². The first-order valence-corrected chi connectivity index (χ1v) is 11.3. The van der Waals surface area contributed by atoms with Gasteiger partial charge in [-0.3, -0.25) is 4.79 Å². The van der Waals surface area contributed by atoms with E-state index in [0.717, 1.165) is 60.0 Å². The van der Waals surface area contributed by atoms with E-state index in [1.54, 1.807) is 0 Å². The molecule has 2 aliphatic heterocycles. The van der Waals surface area contributed by atoms with Crippen molar-refractivity contribution in [3.8, 4) is 0 Å². The standard InChI is InChI=1S/C25H29N5O/c1-19-18-23(28-12-5-2-6-13-28)27-25(26-19)30-16-14-29(15-17-30)24(31)22-11-7-9-20-8-3-4-10-21(20)22/h3-4,7-11,18H,2,5-6,12-17H2,1H3. The lowest BCUT2D eigenvalue weighted by Crippen LogP contribution is -2.49. The molecule has 0 N–H and O–H groups in total. The van der Waals surface area contributed by atoms with Gasteiger partial charge in [-0.25, -0.2) is 4.98 Å². The molecule has 2 aliphatic rings. The number of fused-ring (bicyclic) bond motifs is 1. The van der Waals surface area contributed by atoms with Crippen LogP contribution in [0.1, 0.15) is 35.3 Å². The van der Waals surface area contributed by atoms with Crippen molar-refractivity contribution in [2.24, 2.45) is 0 Å². The quantitative estimate of drug-likeness (QED) is 0.650. The van der Waals surface area contributed by atoms with Gasteiger partial charge in [-0.2, -0.15) is 4.98 Å². The van der Waals surface area contributed by atoms with Gasteiger partial charge in [0.05, 0.1) is 0 Å². The van der Waals surface area contributed by atoms with Gasteiger partial charge in [-0.15, -0.1) is 0 Å². The minimum atomic E-state index is 0.107. The number of aryl methyl sites for hydroxylation is 1. The summed E-state index contributed by atoms with van der Waals surface area (Å²) in [4.78, 5) is 29.4. The SMILES string of the molecule is Cc1cc(N2CCCCC2)nc(N2CCN(C(=O)c3cccc4ccccc34)CC2)n1. The number of anilines is 2. The number of amides is 1. The van der Waals surface area contributed by atoms with Crippen LogP contribution in [0.15, 0.2) is 48.5 Å². The summed E-state index contributed by atoms with van der Waals surface area (Å²) in [5.41, 5.74) is 1.78. The van der Waals surface area contributed by atoms with Crippen LogP contribution in [0.2, 0.25) is 0 Å². The zero-order chi connectivity index (χ0) is 21.2. The van der Waals surface area contributed by atoms with Gasteiger partial charge in [0.25, 0.3) is 5.91 Å². The highest BCUT2D eigenvalue weighted by Crippen LogP contribution is 2.24. The van der Waals surface area contributed by atoms with E-state index in [9.17, 15) is 4.79 Å². The number of aromatic nitrogens is 2. The summed E-state index contributed by atoms with van der Waals surface area (Å²) in [6.07, 6.45) is 3.76. The average Bonchev–Trinajstić information content (AvgIpc) is 2.83. The fourth-order valence-corrected chi connectivity index (χ4v) is 4.65. The lowest BCUT2D eigenvalue weighted by molar-refractivity contribution is 0.0748. The van der Waals surface area contributed by atoms with Crippen molar-refractivity contribution in [3.05, 3.63) is 59.8 Å². The summed E-state index contributed by atoms with van der Waals surface area (Å²) >= 11 is 0. The summed E-state index contributed by atoms with van der Waals surface area (Å²) in [5, 5.41) is 2.12. The Morgan fingerprint density at radius 1 is 0.806 bits per heavy atom. The smallest absolute Gasteiger partial charge is 0.254 e. The highest BCUT2D eigenvalue weighted by Gasteiger charge is 2.25. The van der Waals surface area contributed by atoms with Crippen molar-refractivity contribution in [2.75, 3.05) is 49.1 Å². The number of piperazine rings is 1. The molecule has 2 saturated heterocycles. The van der Waals surface area contributed by atoms with Crippen molar-refractivity contribution in [1.29, 1.82) is 0 Å². The number of piperidine rings is 1. The molecule has 0 spiro atoms. The molecule has 0 atom stereocenters. The van der Waals surface area contributed by atoms with Gasteiger partial charge >= 0.3 is 0 Å². The van der Waals surface area contributed by atoms with Gasteiger partial charge in [-0.05, 0) is 43.0 Å². The van der Waals surface area contributed by atoms with Crippen LogP contribution in [0.4, 0.5) is 11.8 Å². The van der Waals surface area contributed by atoms with Crippen LogP contribution in [-0.2, 0) is 0 Å². The number of rotatable bonds is 3. The summed E-state index contributed by atoms with van der Waals surface area (Å²) in [6.45, 7) is 7.04. The zero-order valence-electron chi connectivity index (χ0n) is 18.1. The minimum Gasteiger partial charge on any atom is -0.356 e. The monoisotopic (exact) mass is 415 g/mol. The summed E-state index contributed by atoms with van der Waals surface area (Å²) in [5.74, 6) is 1.94. The maximum atomic E-state index is 13.2. The first-order chi connectivity index (χ1) is 15.2. The third kappa shape index (κ3) is 4.07. The van der Waals surface area contributed by atoms with Gasteiger partial charge in [-0.1, -0.05) is 36.4 Å². The van der Waals surface area contributed by atoms with Gasteiger partial charge in [0.1, 0.15) is 5.82 Å². The van der Waals surface area contributed by atoms with Crippen molar-refractivity contribution in [1.82, 2.24) is 14.9 Å². The van der Waals surface area contributed by atoms with E-state index >= 15 is 0 Å². The van der Waals surface area contributed by atoms with E-state index in [1.165, 1.54) is 19.3 Å². The molecule has 3 heterocycles. The molecular formula is C25H29N5O. The Morgan fingerprint density at radius 2 is 1.55 bits per heavy atom. The molecular weight excluding hydrogens is 386 g/mol. The van der Waals surface area contributed by atoms with Crippen molar-refractivity contribution < 1.29 is 4.79 Å². The Labute approximate surface area is 183 Å². The Kier molecular flexibility index (Phi) is 5.45. The Hall–Kier alpha value is -3.15. The van der Waals surface area contributed by atoms with Crippen LogP contribution >= 0.6 is 0 Å². The van der Waals surface area contributed by atoms with E-state index in [2.05, 4.69) is 28.0 Å². The van der Waals surface area contributed by atoms with Crippen LogP contribution in [0.25, 0.3) is 10.8 Å². The number of hydrogen-bond acceptors (Lipinski definition) is 5. The number of benzene rings is 2. The first-order valence-electron chi connectivity index (χ1n) is 11.3. The lowest BCUT2D eigenvalue weighted by Gasteiger charge is -2.35. The van der Waals surface area contributed by atoms with Gasteiger partial charge in [0.2, 0.25) is 5.95 Å². The minimum absolute atomic E-state index is 0.107. The zero-order valence-corrected chi connectivity index (χ0v) is 18.1. The van der Waals surface area contributed by atoms with Gasteiger partial charge in [0, 0.05) is 56.6 Å². The van der Waals surface area contributed by atoms with E-state index < -0.39 is 0 Å². The fourth-order valence-electron chi connectivity index (χ4n) is 4.65. The highest BCUT2D eigenvalue weighted by atomic mass is 16.2. The molecule has 31 heavy (non-hydrogen) atoms. The van der Waals surface area contributed by atoms with Gasteiger partial charge in [0.15, 0.2) is 0 Å². The molecule has 0 aliphatic carbocycles. The molecule has 0 saturated carbocycles. The van der Waals surface area contributed by atoms with E-state index in [4.69, 9.17) is 9.97 Å². The molecule has 6 heteroatoms. The summed E-state index contributed by atoms with van der Waals surface area (Å²) in [6, 6.07) is 16.1. The molecule has 0 unspecified atom stereocenters. The molecule has 2 aromatic carbocycles. The van der Waals surface area contributed by atoms with E-state index in [0.29, 0.717) is 13.1 Å². The molecule has 1 aromatic heterocycles. The molecule has 0 bridgehead atoms. The maximum Gasteiger partial charge on any atom is 0.254 e. The predicted molar refractivity (Wildman–Crippen MR) is 125 cm³/mol. The van der Waals surface area contributed by atoms with E-state index in [-0.39, 0.29) is 5.91 Å². The number of hydrogen-bond donors (Lipinski definition) is 0. The van der Waals surface area contributed by atoms with Crippen molar-refractivity contribution >= 4 is 28.4 Å². The number of carbonyl (C=O) groups excluding carboxylic acids is 1. The molecule has 0 radical (unpaired) electrons. The Morgan fingerprint density at radius 3 is 2.35 bits per heavy atom. The molecule has 1 amide bonds. The average molecular weight is 416 g/mol. The Bertz CT molecular complexity index is 1080. The van der Waals surface area contributed by atoms with Crippen LogP contribution in [0.3, 0.4) is 0 Å². The normalized spacial score (nSPS) is 17.3. The van der Waals surface area contributed by atoms with Crippen LogP contribution in [0, 0.1) is 6.92 Å². The second-order valence-corrected chi connectivity index (χ2v) is 8.52. The first kappa shape index (κ1) is 19.8. The van der Waals surface area contributed by atoms with Gasteiger partial charge < -0.3 is 14.7 Å². The molecule has 2 fully saturated rings. The molecule has 6 nitrogen and oxygen atoms in total. The largest absolute Gasteiger partial charge is 0.356 e. The third-order valence-electron chi connectivity index (χ3n) is 6.38. The number of nitrogens with zero attached hydrogens (tertiary/aromatic N) is 5. The van der Waals surface area contributed by atoms with Crippen LogP contribution in [0.5, 0.6) is 0 Å². The molecule has 160 valence electrons. The Balaban J connectivity index is 1.30. The fraction of sp³-hybridized carbons (Fsp3) is 0.400. The second kappa shape index (κ2) is 8.53. The second-order valence-electron chi connectivity index (χ2n) is 8.52.